The van der Waals surface area contributed by atoms with Gasteiger partial charge in [-0.3, -0.25) is 10.3 Å². The molecule has 5 atom stereocenters. The van der Waals surface area contributed by atoms with Crippen molar-refractivity contribution in [3.05, 3.63) is 53.1 Å². The number of nitrogens with zero attached hydrogens (tertiary/aromatic N) is 2. The average molecular weight is 470 g/mol. The Morgan fingerprint density at radius 2 is 2.12 bits per heavy atom. The molecular weight excluding hydrogens is 433 g/mol. The second-order valence-corrected chi connectivity index (χ2v) is 9.87. The van der Waals surface area contributed by atoms with Gasteiger partial charge in [-0.15, -0.1) is 0 Å². The fraction of sp³-hybridized carbons (Fsp3) is 0.577. The molecule has 184 valence electrons. The lowest BCUT2D eigenvalue weighted by atomic mass is 9.71. The minimum Gasteiger partial charge on any atom is -0.508 e. The van der Waals surface area contributed by atoms with Crippen LogP contribution in [0, 0.1) is 5.92 Å². The maximum Gasteiger partial charge on any atom is 0.125 e. The highest BCUT2D eigenvalue weighted by Gasteiger charge is 2.48. The molecule has 1 aromatic carbocycles. The molecule has 5 rings (SSSR count). The highest BCUT2D eigenvalue weighted by atomic mass is 19.1. The fourth-order valence-electron chi connectivity index (χ4n) is 6.05. The molecule has 2 aromatic rings. The zero-order chi connectivity index (χ0) is 23.7. The first-order valence-corrected chi connectivity index (χ1v) is 12.6. The summed E-state index contributed by atoms with van der Waals surface area (Å²) in [5.41, 5.74) is 10.9. The molecule has 34 heavy (non-hydrogen) atoms. The number of aromatic amines is 1. The molecule has 1 saturated heterocycles. The van der Waals surface area contributed by atoms with E-state index in [0.717, 1.165) is 74.4 Å². The number of alkyl halides is 1. The van der Waals surface area contributed by atoms with Gasteiger partial charge in [0.15, 0.2) is 0 Å². The Morgan fingerprint density at radius 1 is 1.24 bits per heavy atom. The van der Waals surface area contributed by atoms with E-state index in [2.05, 4.69) is 31.8 Å². The third-order valence-electron chi connectivity index (χ3n) is 7.84. The summed E-state index contributed by atoms with van der Waals surface area (Å²) in [6.07, 6.45) is 7.38. The second kappa shape index (κ2) is 10.2. The molecule has 3 aliphatic rings. The lowest BCUT2D eigenvalue weighted by molar-refractivity contribution is 0.135. The summed E-state index contributed by atoms with van der Waals surface area (Å²) in [4.78, 5) is 10.6. The number of aliphatic hydroxyl groups excluding tert-OH is 1. The fourth-order valence-corrected chi connectivity index (χ4v) is 6.05. The van der Waals surface area contributed by atoms with E-state index in [1.165, 1.54) is 5.57 Å². The highest BCUT2D eigenvalue weighted by Crippen LogP contribution is 2.45. The van der Waals surface area contributed by atoms with Gasteiger partial charge in [-0.2, -0.15) is 0 Å². The number of aromatic hydroxyl groups is 1. The molecule has 0 spiro atoms. The molecule has 5 unspecified atom stereocenters. The van der Waals surface area contributed by atoms with Gasteiger partial charge >= 0.3 is 0 Å². The van der Waals surface area contributed by atoms with Crippen molar-refractivity contribution in [1.29, 1.82) is 0 Å². The van der Waals surface area contributed by atoms with E-state index in [0.29, 0.717) is 0 Å². The average Bonchev–Trinajstić information content (AvgIpc) is 3.51. The quantitative estimate of drug-likeness (QED) is 0.427. The van der Waals surface area contributed by atoms with E-state index in [9.17, 15) is 5.11 Å². The molecule has 1 aromatic heterocycles. The molecule has 7 nitrogen and oxygen atoms in total. The van der Waals surface area contributed by atoms with Crippen LogP contribution in [0.25, 0.3) is 5.57 Å². The van der Waals surface area contributed by atoms with Gasteiger partial charge in [0.1, 0.15) is 17.7 Å². The van der Waals surface area contributed by atoms with Gasteiger partial charge in [-0.1, -0.05) is 19.1 Å². The van der Waals surface area contributed by atoms with Gasteiger partial charge < -0.3 is 15.2 Å². The topological polar surface area (TPSA) is 96.4 Å². The largest absolute Gasteiger partial charge is 0.508 e. The molecule has 3 heterocycles. The van der Waals surface area contributed by atoms with Gasteiger partial charge in [0.25, 0.3) is 0 Å². The number of hydrogen-bond acceptors (Lipinski definition) is 6. The van der Waals surface area contributed by atoms with E-state index in [1.807, 2.05) is 19.2 Å². The zero-order valence-electron chi connectivity index (χ0n) is 19.8. The van der Waals surface area contributed by atoms with E-state index >= 15 is 4.39 Å². The first kappa shape index (κ1) is 23.5. The van der Waals surface area contributed by atoms with Crippen LogP contribution in [0.5, 0.6) is 5.75 Å². The Balaban J connectivity index is 1.28. The molecule has 1 aliphatic carbocycles. The van der Waals surface area contributed by atoms with Gasteiger partial charge in [0.05, 0.1) is 24.0 Å². The van der Waals surface area contributed by atoms with Gasteiger partial charge in [-0.05, 0) is 60.9 Å². The van der Waals surface area contributed by atoms with Crippen LogP contribution < -0.4 is 10.9 Å². The van der Waals surface area contributed by atoms with Crippen LogP contribution in [0.2, 0.25) is 0 Å². The maximum atomic E-state index is 15.8. The number of fused-ring (bicyclic) bond motifs is 1. The van der Waals surface area contributed by atoms with Crippen molar-refractivity contribution in [2.45, 2.75) is 63.2 Å². The van der Waals surface area contributed by atoms with Crippen LogP contribution in [0.1, 0.15) is 67.2 Å². The lowest BCUT2D eigenvalue weighted by Crippen LogP contribution is -2.45. The molecule has 1 saturated carbocycles. The minimum atomic E-state index is -1.01. The van der Waals surface area contributed by atoms with Crippen molar-refractivity contribution >= 4 is 5.57 Å². The monoisotopic (exact) mass is 469 g/mol. The number of hydrogen-bond donors (Lipinski definition) is 5. The van der Waals surface area contributed by atoms with Crippen molar-refractivity contribution < 1.29 is 14.6 Å². The zero-order valence-corrected chi connectivity index (χ0v) is 19.8. The van der Waals surface area contributed by atoms with Crippen LogP contribution in [-0.2, 0) is 6.42 Å². The highest BCUT2D eigenvalue weighted by molar-refractivity contribution is 5.64. The number of nitrogens with one attached hydrogen (secondary N) is 3. The number of aromatic nitrogens is 2. The van der Waals surface area contributed by atoms with Gasteiger partial charge in [0.2, 0.25) is 0 Å². The Labute approximate surface area is 200 Å². The van der Waals surface area contributed by atoms with Crippen molar-refractivity contribution in [3.63, 3.8) is 0 Å². The minimum absolute atomic E-state index is 0.0573. The predicted octanol–water partition coefficient (Wildman–Crippen LogP) is 3.20. The number of rotatable bonds is 7. The van der Waals surface area contributed by atoms with E-state index in [-0.39, 0.29) is 36.3 Å². The molecular formula is C26H36FN5O2. The number of phenolic OH excluding ortho intramolecular Hbond substituents is 1. The number of H-pyrrole nitrogens is 1. The number of hydrazine groups is 1. The number of aryl methyl sites for hydroxylation is 1. The standard InChI is InChI=1S/C26H36FN5O2/c1-2-16-13-18(34)6-7-19(16)20-8-9-21-24(23(20)27)30-31-25(21)26-28-14-22(29-26)17-5-3-10-32(15-17)11-4-12-33/h5-7,13-14,20-21,23-25,30-31,33-34H,2-4,8-12,15H2,1H3,(H,28,29). The third kappa shape index (κ3) is 4.52. The van der Waals surface area contributed by atoms with Crippen LogP contribution in [0.3, 0.4) is 0 Å². The van der Waals surface area contributed by atoms with Gasteiger partial charge in [-0.25, -0.2) is 14.8 Å². The van der Waals surface area contributed by atoms with Crippen LogP contribution in [0.15, 0.2) is 30.5 Å². The maximum absolute atomic E-state index is 15.8. The molecule has 8 heteroatoms. The summed E-state index contributed by atoms with van der Waals surface area (Å²) < 4.78 is 15.8. The van der Waals surface area contributed by atoms with Crippen molar-refractivity contribution in [1.82, 2.24) is 25.7 Å². The summed E-state index contributed by atoms with van der Waals surface area (Å²) in [5.74, 6) is 1.04. The summed E-state index contributed by atoms with van der Waals surface area (Å²) in [6, 6.07) is 5.00. The lowest BCUT2D eigenvalue weighted by Gasteiger charge is -2.36. The van der Waals surface area contributed by atoms with E-state index in [4.69, 9.17) is 5.11 Å². The van der Waals surface area contributed by atoms with E-state index in [1.54, 1.807) is 12.1 Å². The number of aliphatic hydroxyl groups is 1. The number of benzene rings is 1. The predicted molar refractivity (Wildman–Crippen MR) is 130 cm³/mol. The smallest absolute Gasteiger partial charge is 0.125 e. The normalized spacial score (nSPS) is 29.7. The molecule has 5 N–H and O–H groups in total. The first-order valence-electron chi connectivity index (χ1n) is 12.6. The summed E-state index contributed by atoms with van der Waals surface area (Å²) >= 11 is 0. The Bertz CT molecular complexity index is 1020. The molecule has 2 aliphatic heterocycles. The summed E-state index contributed by atoms with van der Waals surface area (Å²) in [6.45, 7) is 5.03. The molecule has 2 fully saturated rings. The first-order chi connectivity index (χ1) is 16.6. The van der Waals surface area contributed by atoms with Crippen LogP contribution in [-0.4, -0.2) is 63.5 Å². The summed E-state index contributed by atoms with van der Waals surface area (Å²) in [7, 11) is 0. The molecule has 0 amide bonds. The summed E-state index contributed by atoms with van der Waals surface area (Å²) in [5, 5.41) is 19.0. The SMILES string of the molecule is CCc1cc(O)ccc1C1CCC2C(c3ncc(C4=CCCN(CCCO)C4)[nH]3)NNC2C1F. The van der Waals surface area contributed by atoms with Crippen molar-refractivity contribution in [3.8, 4) is 5.75 Å². The van der Waals surface area contributed by atoms with Gasteiger partial charge in [0, 0.05) is 38.1 Å². The third-order valence-corrected chi connectivity index (χ3v) is 7.84. The Kier molecular flexibility index (Phi) is 7.01. The van der Waals surface area contributed by atoms with E-state index < -0.39 is 6.17 Å². The van der Waals surface area contributed by atoms with Crippen molar-refractivity contribution in [2.75, 3.05) is 26.2 Å². The number of halogens is 1. The Morgan fingerprint density at radius 3 is 2.94 bits per heavy atom. The van der Waals surface area contributed by atoms with Crippen LogP contribution in [0.4, 0.5) is 4.39 Å². The van der Waals surface area contributed by atoms with Crippen molar-refractivity contribution in [2.24, 2.45) is 5.92 Å². The Hall–Kier alpha value is -2.26. The molecule has 0 radical (unpaired) electrons. The number of phenols is 1. The van der Waals surface area contributed by atoms with Crippen LogP contribution >= 0.6 is 0 Å². The second-order valence-electron chi connectivity index (χ2n) is 9.87. The number of imidazole rings is 1. The molecule has 0 bridgehead atoms.